The van der Waals surface area contributed by atoms with Crippen LogP contribution in [-0.4, -0.2) is 27.2 Å². The lowest BCUT2D eigenvalue weighted by molar-refractivity contribution is 0.972. The molecular weight excluding hydrogens is 210 g/mol. The molecule has 2 aromatic rings. The predicted molar refractivity (Wildman–Crippen MR) is 59.7 cm³/mol. The number of pyridine rings is 1. The molecule has 0 aliphatic carbocycles. The summed E-state index contributed by atoms with van der Waals surface area (Å²) in [6, 6.07) is 4.01. The maximum Gasteiger partial charge on any atom is 0.183 e. The van der Waals surface area contributed by atoms with Gasteiger partial charge in [-0.2, -0.15) is 5.10 Å². The van der Waals surface area contributed by atoms with Gasteiger partial charge in [-0.15, -0.1) is 0 Å². The quantitative estimate of drug-likeness (QED) is 0.766. The van der Waals surface area contributed by atoms with Gasteiger partial charge in [0.05, 0.1) is 0 Å². The lowest BCUT2D eigenvalue weighted by Crippen LogP contribution is -1.92. The number of nitrogens with zero attached hydrogens (tertiary/aromatic N) is 3. The van der Waals surface area contributed by atoms with Crippen molar-refractivity contribution in [2.75, 3.05) is 12.4 Å². The van der Waals surface area contributed by atoms with Crippen molar-refractivity contribution in [3.63, 3.8) is 0 Å². The third-order valence-corrected chi connectivity index (χ3v) is 2.80. The van der Waals surface area contributed by atoms with E-state index < -0.39 is 0 Å². The number of aromatic nitrogens is 4. The maximum atomic E-state index is 4.15. The minimum atomic E-state index is 0.831. The van der Waals surface area contributed by atoms with Crippen LogP contribution in [0.15, 0.2) is 29.8 Å². The van der Waals surface area contributed by atoms with Crippen molar-refractivity contribution >= 4 is 17.6 Å². The largest absolute Gasteiger partial charge is 0.373 e. The highest BCUT2D eigenvalue weighted by Crippen LogP contribution is 2.18. The van der Waals surface area contributed by atoms with Crippen LogP contribution in [0.5, 0.6) is 0 Å². The summed E-state index contributed by atoms with van der Waals surface area (Å²) in [4.78, 5) is 8.19. The smallest absolute Gasteiger partial charge is 0.183 e. The fraction of sp³-hybridized carbons (Fsp3) is 0.222. The lowest BCUT2D eigenvalue weighted by atomic mass is 10.3. The number of aromatic amines is 1. The van der Waals surface area contributed by atoms with E-state index >= 15 is 0 Å². The summed E-state index contributed by atoms with van der Waals surface area (Å²) < 4.78 is 0. The summed E-state index contributed by atoms with van der Waals surface area (Å²) >= 11 is 1.61. The zero-order valence-electron chi connectivity index (χ0n) is 8.27. The Morgan fingerprint density at radius 3 is 3.13 bits per heavy atom. The van der Waals surface area contributed by atoms with E-state index in [4.69, 9.17) is 0 Å². The molecule has 5 nitrogen and oxygen atoms in total. The van der Waals surface area contributed by atoms with Gasteiger partial charge in [0.1, 0.15) is 12.1 Å². The second-order valence-corrected chi connectivity index (χ2v) is 3.84. The molecule has 0 fully saturated rings. The van der Waals surface area contributed by atoms with E-state index in [1.165, 1.54) is 11.9 Å². The van der Waals surface area contributed by atoms with Crippen molar-refractivity contribution in [3.05, 3.63) is 30.2 Å². The number of thioether (sulfide) groups is 1. The first-order valence-electron chi connectivity index (χ1n) is 4.49. The van der Waals surface area contributed by atoms with Crippen LogP contribution in [0.25, 0.3) is 0 Å². The minimum Gasteiger partial charge on any atom is -0.373 e. The third-order valence-electron chi connectivity index (χ3n) is 1.85. The molecule has 2 aromatic heterocycles. The highest BCUT2D eigenvalue weighted by Gasteiger charge is 1.99. The van der Waals surface area contributed by atoms with Crippen molar-refractivity contribution in [2.45, 2.75) is 10.9 Å². The fourth-order valence-corrected chi connectivity index (χ4v) is 1.84. The highest BCUT2D eigenvalue weighted by atomic mass is 32.2. The van der Waals surface area contributed by atoms with Gasteiger partial charge in [0.15, 0.2) is 5.16 Å². The number of nitrogens with one attached hydrogen (secondary N) is 2. The van der Waals surface area contributed by atoms with E-state index in [2.05, 4.69) is 25.5 Å². The molecule has 0 radical (unpaired) electrons. The van der Waals surface area contributed by atoms with E-state index in [-0.39, 0.29) is 0 Å². The Balaban J connectivity index is 1.98. The second kappa shape index (κ2) is 4.79. The van der Waals surface area contributed by atoms with Gasteiger partial charge in [0.2, 0.25) is 0 Å². The molecule has 0 atom stereocenters. The number of anilines is 1. The Morgan fingerprint density at radius 2 is 2.40 bits per heavy atom. The average molecular weight is 221 g/mol. The summed E-state index contributed by atoms with van der Waals surface area (Å²) in [5.74, 6) is 1.73. The van der Waals surface area contributed by atoms with Crippen LogP contribution in [0, 0.1) is 0 Å². The topological polar surface area (TPSA) is 66.5 Å². The Labute approximate surface area is 91.7 Å². The highest BCUT2D eigenvalue weighted by molar-refractivity contribution is 7.98. The third kappa shape index (κ3) is 2.69. The number of hydrogen-bond acceptors (Lipinski definition) is 5. The molecule has 2 heterocycles. The maximum absolute atomic E-state index is 4.15. The minimum absolute atomic E-state index is 0.831. The molecule has 0 saturated heterocycles. The molecule has 0 aliphatic heterocycles. The standard InChI is InChI=1S/C9H11N5S/c1-10-8-4-7(2-3-11-8)5-15-9-12-6-13-14-9/h2-4,6H,5H2,1H3,(H,10,11)(H,12,13,14). The van der Waals surface area contributed by atoms with Gasteiger partial charge in [0.25, 0.3) is 0 Å². The van der Waals surface area contributed by atoms with Gasteiger partial charge in [-0.1, -0.05) is 11.8 Å². The van der Waals surface area contributed by atoms with E-state index in [1.807, 2.05) is 19.2 Å². The lowest BCUT2D eigenvalue weighted by Gasteiger charge is -2.02. The van der Waals surface area contributed by atoms with Crippen LogP contribution in [0.1, 0.15) is 5.56 Å². The van der Waals surface area contributed by atoms with Crippen molar-refractivity contribution in [2.24, 2.45) is 0 Å². The van der Waals surface area contributed by atoms with Crippen LogP contribution in [0.3, 0.4) is 0 Å². The number of hydrogen-bond donors (Lipinski definition) is 2. The van der Waals surface area contributed by atoms with E-state index in [0.29, 0.717) is 0 Å². The van der Waals surface area contributed by atoms with Crippen molar-refractivity contribution in [1.29, 1.82) is 0 Å². The molecule has 0 amide bonds. The first-order valence-corrected chi connectivity index (χ1v) is 5.48. The van der Waals surface area contributed by atoms with E-state index in [0.717, 1.165) is 16.7 Å². The van der Waals surface area contributed by atoms with Crippen molar-refractivity contribution in [1.82, 2.24) is 20.2 Å². The molecule has 0 unspecified atom stereocenters. The molecular formula is C9H11N5S. The van der Waals surface area contributed by atoms with Crippen molar-refractivity contribution in [3.8, 4) is 0 Å². The van der Waals surface area contributed by atoms with Crippen LogP contribution >= 0.6 is 11.8 Å². The van der Waals surface area contributed by atoms with Crippen LogP contribution < -0.4 is 5.32 Å². The van der Waals surface area contributed by atoms with Crippen molar-refractivity contribution < 1.29 is 0 Å². The summed E-state index contributed by atoms with van der Waals surface area (Å²) in [7, 11) is 1.86. The molecule has 2 N–H and O–H groups in total. The molecule has 0 bridgehead atoms. The Morgan fingerprint density at radius 1 is 1.47 bits per heavy atom. The SMILES string of the molecule is CNc1cc(CSc2ncn[nH]2)ccn1. The normalized spacial score (nSPS) is 10.2. The Hall–Kier alpha value is -1.56. The van der Waals surface area contributed by atoms with E-state index in [1.54, 1.807) is 18.0 Å². The monoisotopic (exact) mass is 221 g/mol. The molecule has 6 heteroatoms. The first kappa shape index (κ1) is 9.97. The molecule has 78 valence electrons. The molecule has 2 rings (SSSR count). The summed E-state index contributed by atoms with van der Waals surface area (Å²) in [6.45, 7) is 0. The zero-order valence-corrected chi connectivity index (χ0v) is 9.08. The van der Waals surface area contributed by atoms with Crippen LogP contribution in [0.2, 0.25) is 0 Å². The Bertz CT molecular complexity index is 414. The van der Waals surface area contributed by atoms with Gasteiger partial charge < -0.3 is 5.32 Å². The van der Waals surface area contributed by atoms with E-state index in [9.17, 15) is 0 Å². The molecule has 0 saturated carbocycles. The van der Waals surface area contributed by atoms with Gasteiger partial charge in [0, 0.05) is 19.0 Å². The van der Waals surface area contributed by atoms with Gasteiger partial charge in [-0.05, 0) is 17.7 Å². The van der Waals surface area contributed by atoms with Crippen LogP contribution in [-0.2, 0) is 5.75 Å². The van der Waals surface area contributed by atoms with Crippen LogP contribution in [0.4, 0.5) is 5.82 Å². The Kier molecular flexibility index (Phi) is 3.18. The van der Waals surface area contributed by atoms with Gasteiger partial charge in [-0.3, -0.25) is 5.10 Å². The average Bonchev–Trinajstić information content (AvgIpc) is 2.79. The fourth-order valence-electron chi connectivity index (χ4n) is 1.12. The molecule has 0 aromatic carbocycles. The van der Waals surface area contributed by atoms with Gasteiger partial charge >= 0.3 is 0 Å². The summed E-state index contributed by atoms with van der Waals surface area (Å²) in [6.07, 6.45) is 3.30. The molecule has 0 spiro atoms. The first-order chi connectivity index (χ1) is 7.38. The summed E-state index contributed by atoms with van der Waals surface area (Å²) in [5.41, 5.74) is 1.20. The predicted octanol–water partition coefficient (Wildman–Crippen LogP) is 1.53. The van der Waals surface area contributed by atoms with Gasteiger partial charge in [-0.25, -0.2) is 9.97 Å². The molecule has 0 aliphatic rings. The number of rotatable bonds is 4. The second-order valence-electron chi connectivity index (χ2n) is 2.88. The summed E-state index contributed by atoms with van der Waals surface area (Å²) in [5, 5.41) is 10.4. The number of H-pyrrole nitrogens is 1. The zero-order chi connectivity index (χ0) is 10.5. The molecule has 15 heavy (non-hydrogen) atoms.